The van der Waals surface area contributed by atoms with Crippen molar-refractivity contribution in [2.45, 2.75) is 0 Å². The van der Waals surface area contributed by atoms with Gasteiger partial charge in [0.2, 0.25) is 0 Å². The Kier molecular flexibility index (Phi) is 6.46. The molecule has 0 amide bonds. The van der Waals surface area contributed by atoms with Gasteiger partial charge in [-0.15, -0.1) is 0 Å². The van der Waals surface area contributed by atoms with Crippen LogP contribution in [0, 0.1) is 0 Å². The van der Waals surface area contributed by atoms with Gasteiger partial charge in [-0.05, 0) is 94.0 Å². The number of rotatable bonds is 6. The highest BCUT2D eigenvalue weighted by atomic mass is 16.4. The fourth-order valence-electron chi connectivity index (χ4n) is 6.50. The maximum atomic E-state index is 6.22. The molecule has 2 heterocycles. The summed E-state index contributed by atoms with van der Waals surface area (Å²) in [6.07, 6.45) is 0. The van der Waals surface area contributed by atoms with Gasteiger partial charge in [0.05, 0.1) is 10.8 Å². The van der Waals surface area contributed by atoms with Gasteiger partial charge in [-0.3, -0.25) is 0 Å². The fraction of sp³-hybridized carbons (Fsp3) is 0. The Bertz CT molecular complexity index is 2390. The van der Waals surface area contributed by atoms with Crippen LogP contribution in [0.3, 0.4) is 0 Å². The van der Waals surface area contributed by atoms with E-state index in [0.717, 1.165) is 61.3 Å². The van der Waals surface area contributed by atoms with Crippen LogP contribution in [0.1, 0.15) is 0 Å². The third kappa shape index (κ3) is 4.86. The minimum atomic E-state index is 0.795. The molecule has 0 aliphatic rings. The van der Waals surface area contributed by atoms with E-state index in [1.807, 2.05) is 30.3 Å². The van der Waals surface area contributed by atoms with Crippen molar-refractivity contribution in [2.24, 2.45) is 0 Å². The Morgan fingerprint density at radius 1 is 0.298 bits per heavy atom. The van der Waals surface area contributed by atoms with Crippen LogP contribution < -0.4 is 4.90 Å². The molecule has 3 nitrogen and oxygen atoms in total. The van der Waals surface area contributed by atoms with Gasteiger partial charge >= 0.3 is 0 Å². The lowest BCUT2D eigenvalue weighted by Crippen LogP contribution is -2.09. The van der Waals surface area contributed by atoms with Gasteiger partial charge in [0, 0.05) is 17.1 Å². The number of hydrogen-bond donors (Lipinski definition) is 0. The van der Waals surface area contributed by atoms with Crippen molar-refractivity contribution >= 4 is 50.2 Å². The zero-order valence-electron chi connectivity index (χ0n) is 25.5. The summed E-state index contributed by atoms with van der Waals surface area (Å²) in [6, 6.07) is 61.7. The van der Waals surface area contributed by atoms with Crippen LogP contribution in [0.15, 0.2) is 185 Å². The lowest BCUT2D eigenvalue weighted by atomic mass is 10.0. The molecule has 0 radical (unpaired) electrons. The molecule has 0 fully saturated rings. The van der Waals surface area contributed by atoms with E-state index in [-0.39, 0.29) is 0 Å². The number of benzene rings is 7. The number of hydrogen-bond acceptors (Lipinski definition) is 3. The SMILES string of the molecule is c1ccc(-c2ccc(N(c3ccc(-c4ccccc4)cc3)c3ccc(-c4ccc5oc6c7ccccc7oc6c5c4)cc3)cc2)cc1. The predicted molar refractivity (Wildman–Crippen MR) is 194 cm³/mol. The van der Waals surface area contributed by atoms with E-state index in [1.165, 1.54) is 22.3 Å². The minimum absolute atomic E-state index is 0.795. The van der Waals surface area contributed by atoms with E-state index in [0.29, 0.717) is 0 Å². The van der Waals surface area contributed by atoms with E-state index in [2.05, 4.69) is 150 Å². The highest BCUT2D eigenvalue weighted by Crippen LogP contribution is 2.40. The van der Waals surface area contributed by atoms with Gasteiger partial charge in [-0.1, -0.05) is 115 Å². The topological polar surface area (TPSA) is 29.5 Å². The standard InChI is InChI=1S/C44H29NO2/c1-3-9-30(10-4-1)32-15-22-36(23-16-32)45(37-24-17-33(18-25-37)31-11-5-2-6-12-31)38-26-19-34(20-27-38)35-21-28-42-40(29-35)44-43(47-42)39-13-7-8-14-41(39)46-44/h1-29H. The molecule has 0 aliphatic carbocycles. The van der Waals surface area contributed by atoms with Crippen molar-refractivity contribution < 1.29 is 8.83 Å². The summed E-state index contributed by atoms with van der Waals surface area (Å²) in [5.74, 6) is 0. The Hall–Kier alpha value is -6.32. The highest BCUT2D eigenvalue weighted by molar-refractivity contribution is 6.13. The van der Waals surface area contributed by atoms with Gasteiger partial charge in [0.15, 0.2) is 11.2 Å². The second-order valence-corrected chi connectivity index (χ2v) is 11.8. The molecule has 0 atom stereocenters. The zero-order valence-corrected chi connectivity index (χ0v) is 25.5. The molecule has 0 saturated heterocycles. The summed E-state index contributed by atoms with van der Waals surface area (Å²) >= 11 is 0. The quantitative estimate of drug-likeness (QED) is 0.189. The van der Waals surface area contributed by atoms with E-state index >= 15 is 0 Å². The van der Waals surface area contributed by atoms with Crippen molar-refractivity contribution in [1.82, 2.24) is 0 Å². The summed E-state index contributed by atoms with van der Waals surface area (Å²) in [7, 11) is 0. The van der Waals surface area contributed by atoms with Gasteiger partial charge in [-0.25, -0.2) is 0 Å². The average molecular weight is 604 g/mol. The molecule has 0 aliphatic heterocycles. The molecule has 3 heteroatoms. The number of fused-ring (bicyclic) bond motifs is 5. The van der Waals surface area contributed by atoms with Gasteiger partial charge < -0.3 is 13.7 Å². The minimum Gasteiger partial charge on any atom is -0.452 e. The third-order valence-corrected chi connectivity index (χ3v) is 8.91. The molecule has 0 N–H and O–H groups in total. The Morgan fingerprint density at radius 2 is 0.681 bits per heavy atom. The largest absolute Gasteiger partial charge is 0.452 e. The lowest BCUT2D eigenvalue weighted by molar-refractivity contribution is 0.653. The van der Waals surface area contributed by atoms with Gasteiger partial charge in [-0.2, -0.15) is 0 Å². The summed E-state index contributed by atoms with van der Waals surface area (Å²) in [5.41, 5.74) is 13.6. The first-order valence-corrected chi connectivity index (χ1v) is 15.8. The lowest BCUT2D eigenvalue weighted by Gasteiger charge is -2.26. The van der Waals surface area contributed by atoms with Crippen LogP contribution in [0.4, 0.5) is 17.1 Å². The molecule has 222 valence electrons. The number of furan rings is 2. The molecule has 9 rings (SSSR count). The monoisotopic (exact) mass is 603 g/mol. The molecule has 9 aromatic rings. The second-order valence-electron chi connectivity index (χ2n) is 11.8. The van der Waals surface area contributed by atoms with Crippen molar-refractivity contribution in [1.29, 1.82) is 0 Å². The number of nitrogens with zero attached hydrogens (tertiary/aromatic N) is 1. The predicted octanol–water partition coefficient (Wildman–Crippen LogP) is 12.8. The molecule has 0 unspecified atom stereocenters. The van der Waals surface area contributed by atoms with E-state index in [4.69, 9.17) is 8.83 Å². The van der Waals surface area contributed by atoms with Gasteiger partial charge in [0.1, 0.15) is 11.2 Å². The number of para-hydroxylation sites is 1. The summed E-state index contributed by atoms with van der Waals surface area (Å²) < 4.78 is 12.4. The summed E-state index contributed by atoms with van der Waals surface area (Å²) in [4.78, 5) is 2.31. The van der Waals surface area contributed by atoms with Crippen molar-refractivity contribution in [3.8, 4) is 33.4 Å². The van der Waals surface area contributed by atoms with Crippen molar-refractivity contribution in [2.75, 3.05) is 4.90 Å². The van der Waals surface area contributed by atoms with Crippen LogP contribution in [-0.4, -0.2) is 0 Å². The first kappa shape index (κ1) is 27.0. The molecular weight excluding hydrogens is 574 g/mol. The molecular formula is C44H29NO2. The fourth-order valence-corrected chi connectivity index (χ4v) is 6.50. The van der Waals surface area contributed by atoms with Crippen LogP contribution in [-0.2, 0) is 0 Å². The van der Waals surface area contributed by atoms with Crippen molar-refractivity contribution in [3.63, 3.8) is 0 Å². The van der Waals surface area contributed by atoms with Crippen LogP contribution in [0.25, 0.3) is 66.5 Å². The van der Waals surface area contributed by atoms with Gasteiger partial charge in [0.25, 0.3) is 0 Å². The summed E-state index contributed by atoms with van der Waals surface area (Å²) in [6.45, 7) is 0. The van der Waals surface area contributed by atoms with Crippen molar-refractivity contribution in [3.05, 3.63) is 176 Å². The first-order chi connectivity index (χ1) is 23.3. The van der Waals surface area contributed by atoms with E-state index < -0.39 is 0 Å². The zero-order chi connectivity index (χ0) is 31.2. The Morgan fingerprint density at radius 3 is 1.21 bits per heavy atom. The van der Waals surface area contributed by atoms with Crippen LogP contribution >= 0.6 is 0 Å². The summed E-state index contributed by atoms with van der Waals surface area (Å²) in [5, 5.41) is 1.98. The first-order valence-electron chi connectivity index (χ1n) is 15.8. The maximum absolute atomic E-state index is 6.22. The molecule has 2 aromatic heterocycles. The normalized spacial score (nSPS) is 11.4. The van der Waals surface area contributed by atoms with E-state index in [9.17, 15) is 0 Å². The second kappa shape index (κ2) is 11.2. The maximum Gasteiger partial charge on any atom is 0.181 e. The highest BCUT2D eigenvalue weighted by Gasteiger charge is 2.17. The van der Waals surface area contributed by atoms with Crippen LogP contribution in [0.5, 0.6) is 0 Å². The van der Waals surface area contributed by atoms with E-state index in [1.54, 1.807) is 0 Å². The average Bonchev–Trinajstić information content (AvgIpc) is 3.69. The Balaban J connectivity index is 1.09. The molecule has 0 bridgehead atoms. The molecule has 7 aromatic carbocycles. The van der Waals surface area contributed by atoms with Crippen LogP contribution in [0.2, 0.25) is 0 Å². The third-order valence-electron chi connectivity index (χ3n) is 8.91. The number of anilines is 3. The smallest absolute Gasteiger partial charge is 0.181 e. The Labute approximate surface area is 272 Å². The molecule has 0 saturated carbocycles. The molecule has 47 heavy (non-hydrogen) atoms. The molecule has 0 spiro atoms.